The molecule has 3 heteroatoms. The van der Waals surface area contributed by atoms with Gasteiger partial charge in [0.2, 0.25) is 0 Å². The fraction of sp³-hybridized carbons (Fsp3) is 0.0652. The minimum absolute atomic E-state index is 0.0812. The molecular formula is C46H31N3. The molecule has 0 saturated heterocycles. The van der Waals surface area contributed by atoms with E-state index in [4.69, 9.17) is 0 Å². The average molecular weight is 626 g/mol. The van der Waals surface area contributed by atoms with E-state index >= 15 is 0 Å². The van der Waals surface area contributed by atoms with Crippen LogP contribution in [0.15, 0.2) is 152 Å². The summed E-state index contributed by atoms with van der Waals surface area (Å²) in [5.74, 6) is 0. The van der Waals surface area contributed by atoms with Gasteiger partial charge < -0.3 is 9.13 Å². The Hall–Kier alpha value is -6.37. The average Bonchev–Trinajstić information content (AvgIpc) is 3.74. The van der Waals surface area contributed by atoms with Crippen molar-refractivity contribution < 1.29 is 0 Å². The Kier molecular flexibility index (Phi) is 5.69. The van der Waals surface area contributed by atoms with E-state index in [0.717, 1.165) is 33.5 Å². The Morgan fingerprint density at radius 2 is 1.04 bits per heavy atom. The molecule has 49 heavy (non-hydrogen) atoms. The molecule has 2 aromatic heterocycles. The van der Waals surface area contributed by atoms with Gasteiger partial charge in [-0.2, -0.15) is 5.26 Å². The van der Waals surface area contributed by atoms with Crippen LogP contribution in [0.5, 0.6) is 0 Å². The summed E-state index contributed by atoms with van der Waals surface area (Å²) in [6.07, 6.45) is 0. The molecule has 0 fully saturated rings. The fourth-order valence-corrected chi connectivity index (χ4v) is 8.50. The van der Waals surface area contributed by atoms with Gasteiger partial charge in [0, 0.05) is 38.2 Å². The first-order chi connectivity index (χ1) is 24.0. The lowest BCUT2D eigenvalue weighted by molar-refractivity contribution is 0.661. The van der Waals surface area contributed by atoms with Gasteiger partial charge in [-0.3, -0.25) is 0 Å². The zero-order chi connectivity index (χ0) is 32.9. The second kappa shape index (κ2) is 10.1. The van der Waals surface area contributed by atoms with Crippen molar-refractivity contribution in [1.82, 2.24) is 9.13 Å². The van der Waals surface area contributed by atoms with E-state index in [1.807, 2.05) is 12.1 Å². The number of hydrogen-bond acceptors (Lipinski definition) is 1. The first kappa shape index (κ1) is 27.7. The molecule has 1 aliphatic rings. The normalized spacial score (nSPS) is 13.2. The largest absolute Gasteiger partial charge is 0.309 e. The summed E-state index contributed by atoms with van der Waals surface area (Å²) in [6, 6.07) is 56.8. The van der Waals surface area contributed by atoms with E-state index in [0.29, 0.717) is 5.56 Å². The summed E-state index contributed by atoms with van der Waals surface area (Å²) >= 11 is 0. The monoisotopic (exact) mass is 625 g/mol. The molecule has 0 atom stereocenters. The maximum absolute atomic E-state index is 10.3. The number of benzene rings is 7. The molecule has 3 nitrogen and oxygen atoms in total. The van der Waals surface area contributed by atoms with Gasteiger partial charge in [-0.1, -0.05) is 111 Å². The summed E-state index contributed by atoms with van der Waals surface area (Å²) in [6.45, 7) is 4.68. The Labute approximate surface area is 284 Å². The minimum atomic E-state index is -0.0812. The van der Waals surface area contributed by atoms with Gasteiger partial charge in [0.1, 0.15) is 0 Å². The molecule has 1 aliphatic carbocycles. The van der Waals surface area contributed by atoms with Crippen molar-refractivity contribution in [3.8, 4) is 39.7 Å². The van der Waals surface area contributed by atoms with Gasteiger partial charge in [0.05, 0.1) is 39.4 Å². The van der Waals surface area contributed by atoms with E-state index in [-0.39, 0.29) is 5.41 Å². The number of rotatable bonds is 3. The summed E-state index contributed by atoms with van der Waals surface area (Å²) in [5, 5.41) is 15.2. The van der Waals surface area contributed by atoms with Crippen LogP contribution in [0.1, 0.15) is 30.5 Å². The van der Waals surface area contributed by atoms with Crippen molar-refractivity contribution >= 4 is 43.6 Å². The Balaban J connectivity index is 1.25. The van der Waals surface area contributed by atoms with Crippen LogP contribution in [0.3, 0.4) is 0 Å². The molecule has 2 heterocycles. The van der Waals surface area contributed by atoms with Crippen molar-refractivity contribution in [3.05, 3.63) is 168 Å². The smallest absolute Gasteiger partial charge is 0.0992 e. The van der Waals surface area contributed by atoms with Crippen LogP contribution in [0.2, 0.25) is 0 Å². The third kappa shape index (κ3) is 3.83. The number of nitriles is 1. The molecule has 9 aromatic rings. The lowest BCUT2D eigenvalue weighted by Gasteiger charge is -2.21. The molecule has 7 aromatic carbocycles. The molecular weight excluding hydrogens is 595 g/mol. The molecule has 0 amide bonds. The molecule has 0 bridgehead atoms. The third-order valence-corrected chi connectivity index (χ3v) is 10.7. The molecule has 230 valence electrons. The molecule has 0 N–H and O–H groups in total. The van der Waals surface area contributed by atoms with E-state index in [1.54, 1.807) is 0 Å². The van der Waals surface area contributed by atoms with Crippen molar-refractivity contribution in [3.63, 3.8) is 0 Å². The predicted molar refractivity (Wildman–Crippen MR) is 203 cm³/mol. The SMILES string of the molecule is CC1(C)c2ccccc2-c2cc3c(cc21)c1ccccc1n3-c1ccccc1-c1cc(C#N)cc(-n2c3ccccc3c3ccccc32)c1. The highest BCUT2D eigenvalue weighted by molar-refractivity contribution is 6.12. The van der Waals surface area contributed by atoms with Crippen LogP contribution in [0, 0.1) is 11.3 Å². The maximum Gasteiger partial charge on any atom is 0.0992 e. The third-order valence-electron chi connectivity index (χ3n) is 10.7. The highest BCUT2D eigenvalue weighted by Gasteiger charge is 2.36. The summed E-state index contributed by atoms with van der Waals surface area (Å²) in [5.41, 5.74) is 14.6. The first-order valence-corrected chi connectivity index (χ1v) is 16.8. The van der Waals surface area contributed by atoms with E-state index < -0.39 is 0 Å². The Morgan fingerprint density at radius 1 is 0.469 bits per heavy atom. The van der Waals surface area contributed by atoms with Gasteiger partial charge in [-0.15, -0.1) is 0 Å². The molecule has 0 spiro atoms. The number of fused-ring (bicyclic) bond motifs is 9. The number of hydrogen-bond donors (Lipinski definition) is 0. The van der Waals surface area contributed by atoms with Crippen LogP contribution in [-0.4, -0.2) is 9.13 Å². The summed E-state index contributed by atoms with van der Waals surface area (Å²) < 4.78 is 4.72. The highest BCUT2D eigenvalue weighted by Crippen LogP contribution is 2.51. The van der Waals surface area contributed by atoms with Gasteiger partial charge in [0.15, 0.2) is 0 Å². The maximum atomic E-state index is 10.3. The fourth-order valence-electron chi connectivity index (χ4n) is 8.50. The van der Waals surface area contributed by atoms with Gasteiger partial charge >= 0.3 is 0 Å². The molecule has 0 aliphatic heterocycles. The molecule has 10 rings (SSSR count). The number of para-hydroxylation sites is 4. The van der Waals surface area contributed by atoms with Crippen molar-refractivity contribution in [1.29, 1.82) is 5.26 Å². The van der Waals surface area contributed by atoms with Crippen molar-refractivity contribution in [2.45, 2.75) is 19.3 Å². The van der Waals surface area contributed by atoms with Crippen LogP contribution in [-0.2, 0) is 5.41 Å². The molecule has 0 unspecified atom stereocenters. The van der Waals surface area contributed by atoms with Gasteiger partial charge in [0.25, 0.3) is 0 Å². The van der Waals surface area contributed by atoms with Crippen LogP contribution >= 0.6 is 0 Å². The van der Waals surface area contributed by atoms with Crippen molar-refractivity contribution in [2.75, 3.05) is 0 Å². The van der Waals surface area contributed by atoms with Crippen LogP contribution < -0.4 is 0 Å². The Bertz CT molecular complexity index is 2820. The second-order valence-corrected chi connectivity index (χ2v) is 13.7. The quantitative estimate of drug-likeness (QED) is 0.192. The minimum Gasteiger partial charge on any atom is -0.309 e. The van der Waals surface area contributed by atoms with Gasteiger partial charge in [-0.25, -0.2) is 0 Å². The van der Waals surface area contributed by atoms with Crippen molar-refractivity contribution in [2.24, 2.45) is 0 Å². The zero-order valence-corrected chi connectivity index (χ0v) is 27.3. The molecule has 0 saturated carbocycles. The van der Waals surface area contributed by atoms with E-state index in [1.165, 1.54) is 54.8 Å². The molecule has 0 radical (unpaired) electrons. The summed E-state index contributed by atoms with van der Waals surface area (Å²) in [7, 11) is 0. The van der Waals surface area contributed by atoms with Crippen LogP contribution in [0.25, 0.3) is 77.2 Å². The zero-order valence-electron chi connectivity index (χ0n) is 27.3. The van der Waals surface area contributed by atoms with Crippen LogP contribution in [0.4, 0.5) is 0 Å². The topological polar surface area (TPSA) is 33.6 Å². The summed E-state index contributed by atoms with van der Waals surface area (Å²) in [4.78, 5) is 0. The standard InChI is InChI=1S/C46H31N3/c1-46(2)39-18-8-3-14-33(39)37-27-45-38(26-40(37)46)36-17-7-12-22-44(36)49(45)41-19-9-4-13-32(41)30-23-29(28-47)24-31(25-30)48-42-20-10-5-15-34(42)35-16-6-11-21-43(35)48/h3-27H,1-2H3. The lowest BCUT2D eigenvalue weighted by Crippen LogP contribution is -2.14. The number of nitrogens with zero attached hydrogens (tertiary/aromatic N) is 3. The van der Waals surface area contributed by atoms with Gasteiger partial charge in [-0.05, 0) is 82.4 Å². The van der Waals surface area contributed by atoms with E-state index in [2.05, 4.69) is 169 Å². The Morgan fingerprint density at radius 3 is 1.73 bits per heavy atom. The first-order valence-electron chi connectivity index (χ1n) is 16.8. The van der Waals surface area contributed by atoms with E-state index in [9.17, 15) is 5.26 Å². The number of aromatic nitrogens is 2. The lowest BCUT2D eigenvalue weighted by atomic mass is 9.82. The highest BCUT2D eigenvalue weighted by atomic mass is 15.0. The second-order valence-electron chi connectivity index (χ2n) is 13.7. The predicted octanol–water partition coefficient (Wildman–Crippen LogP) is 11.7.